The SMILES string of the molecule is COc1cccc(OC)c1CN1CCC[C@H](c2[nH]ncc2-c2ccc(C)cc2)C1. The van der Waals surface area contributed by atoms with E-state index in [1.165, 1.54) is 28.8 Å². The summed E-state index contributed by atoms with van der Waals surface area (Å²) in [6.45, 7) is 5.00. The van der Waals surface area contributed by atoms with E-state index in [1.807, 2.05) is 24.4 Å². The molecule has 0 aliphatic carbocycles. The Morgan fingerprint density at radius 3 is 2.48 bits per heavy atom. The predicted molar refractivity (Wildman–Crippen MR) is 116 cm³/mol. The Kier molecular flexibility index (Phi) is 5.86. The third kappa shape index (κ3) is 4.15. The highest BCUT2D eigenvalue weighted by atomic mass is 16.5. The molecule has 1 aliphatic heterocycles. The second-order valence-electron chi connectivity index (χ2n) is 7.78. The number of methoxy groups -OCH3 is 2. The van der Waals surface area contributed by atoms with Gasteiger partial charge in [-0.25, -0.2) is 0 Å². The Hall–Kier alpha value is -2.79. The summed E-state index contributed by atoms with van der Waals surface area (Å²) in [6, 6.07) is 14.7. The molecule has 152 valence electrons. The Balaban J connectivity index is 1.55. The van der Waals surface area contributed by atoms with Crippen LogP contribution in [0, 0.1) is 6.92 Å². The summed E-state index contributed by atoms with van der Waals surface area (Å²) in [7, 11) is 3.44. The van der Waals surface area contributed by atoms with Crippen LogP contribution in [0.5, 0.6) is 11.5 Å². The fourth-order valence-electron chi connectivity index (χ4n) is 4.31. The first-order valence-electron chi connectivity index (χ1n) is 10.2. The third-order valence-electron chi connectivity index (χ3n) is 5.86. The summed E-state index contributed by atoms with van der Waals surface area (Å²) >= 11 is 0. The van der Waals surface area contributed by atoms with Gasteiger partial charge in [-0.2, -0.15) is 5.10 Å². The number of rotatable bonds is 6. The summed E-state index contributed by atoms with van der Waals surface area (Å²) < 4.78 is 11.2. The van der Waals surface area contributed by atoms with Gasteiger partial charge < -0.3 is 9.47 Å². The van der Waals surface area contributed by atoms with Crippen LogP contribution in [0.2, 0.25) is 0 Å². The largest absolute Gasteiger partial charge is 0.496 e. The molecule has 0 spiro atoms. The number of benzene rings is 2. The lowest BCUT2D eigenvalue weighted by atomic mass is 9.90. The summed E-state index contributed by atoms with van der Waals surface area (Å²) in [6.07, 6.45) is 4.29. The minimum atomic E-state index is 0.434. The highest BCUT2D eigenvalue weighted by Gasteiger charge is 2.26. The van der Waals surface area contributed by atoms with Crippen molar-refractivity contribution >= 4 is 0 Å². The first kappa shape index (κ1) is 19.5. The number of piperidine rings is 1. The second-order valence-corrected chi connectivity index (χ2v) is 7.78. The van der Waals surface area contributed by atoms with Crippen molar-refractivity contribution in [3.8, 4) is 22.6 Å². The van der Waals surface area contributed by atoms with Crippen molar-refractivity contribution in [2.75, 3.05) is 27.3 Å². The van der Waals surface area contributed by atoms with E-state index in [-0.39, 0.29) is 0 Å². The van der Waals surface area contributed by atoms with Crippen LogP contribution in [0.4, 0.5) is 0 Å². The second kappa shape index (κ2) is 8.70. The molecule has 0 radical (unpaired) electrons. The lowest BCUT2D eigenvalue weighted by Crippen LogP contribution is -2.34. The molecule has 0 saturated carbocycles. The highest BCUT2D eigenvalue weighted by Crippen LogP contribution is 2.35. The van der Waals surface area contributed by atoms with Crippen molar-refractivity contribution in [3.05, 3.63) is 65.5 Å². The van der Waals surface area contributed by atoms with Gasteiger partial charge in [-0.05, 0) is 44.0 Å². The monoisotopic (exact) mass is 391 g/mol. The number of hydrogen-bond donors (Lipinski definition) is 1. The molecule has 0 amide bonds. The van der Waals surface area contributed by atoms with Crippen LogP contribution in [-0.4, -0.2) is 42.4 Å². The number of aromatic amines is 1. The molecule has 0 unspecified atom stereocenters. The molecule has 5 nitrogen and oxygen atoms in total. The molecule has 5 heteroatoms. The Bertz CT molecular complexity index is 927. The number of nitrogens with one attached hydrogen (secondary N) is 1. The maximum Gasteiger partial charge on any atom is 0.127 e. The van der Waals surface area contributed by atoms with Gasteiger partial charge in [-0.15, -0.1) is 0 Å². The normalized spacial score (nSPS) is 17.3. The maximum atomic E-state index is 5.59. The fraction of sp³-hybridized carbons (Fsp3) is 0.375. The maximum absolute atomic E-state index is 5.59. The van der Waals surface area contributed by atoms with Crippen LogP contribution in [-0.2, 0) is 6.54 Å². The summed E-state index contributed by atoms with van der Waals surface area (Å²) in [5, 5.41) is 7.67. The van der Waals surface area contributed by atoms with Crippen molar-refractivity contribution < 1.29 is 9.47 Å². The van der Waals surface area contributed by atoms with Crippen LogP contribution in [0.1, 0.15) is 35.6 Å². The molecular weight excluding hydrogens is 362 g/mol. The van der Waals surface area contributed by atoms with Gasteiger partial charge in [0.2, 0.25) is 0 Å². The molecule has 4 rings (SSSR count). The van der Waals surface area contributed by atoms with Crippen LogP contribution in [0.25, 0.3) is 11.1 Å². The predicted octanol–water partition coefficient (Wildman–Crippen LogP) is 4.78. The van der Waals surface area contributed by atoms with Gasteiger partial charge in [0.1, 0.15) is 11.5 Å². The number of nitrogens with zero attached hydrogens (tertiary/aromatic N) is 2. The molecule has 1 aliphatic rings. The zero-order valence-electron chi connectivity index (χ0n) is 17.4. The van der Waals surface area contributed by atoms with E-state index < -0.39 is 0 Å². The summed E-state index contributed by atoms with van der Waals surface area (Å²) in [5.41, 5.74) is 6.06. The zero-order chi connectivity index (χ0) is 20.2. The average molecular weight is 392 g/mol. The number of likely N-dealkylation sites (tertiary alicyclic amines) is 1. The van der Waals surface area contributed by atoms with E-state index >= 15 is 0 Å². The summed E-state index contributed by atoms with van der Waals surface area (Å²) in [5.74, 6) is 2.20. The number of ether oxygens (including phenoxy) is 2. The van der Waals surface area contributed by atoms with Crippen molar-refractivity contribution in [2.24, 2.45) is 0 Å². The molecule has 1 fully saturated rings. The minimum absolute atomic E-state index is 0.434. The smallest absolute Gasteiger partial charge is 0.127 e. The number of hydrogen-bond acceptors (Lipinski definition) is 4. The molecule has 1 N–H and O–H groups in total. The number of aryl methyl sites for hydroxylation is 1. The van der Waals surface area contributed by atoms with Gasteiger partial charge in [-0.3, -0.25) is 10.00 Å². The Labute approximate surface area is 172 Å². The van der Waals surface area contributed by atoms with Gasteiger partial charge in [0.25, 0.3) is 0 Å². The van der Waals surface area contributed by atoms with Gasteiger partial charge in [-0.1, -0.05) is 35.9 Å². The topological polar surface area (TPSA) is 50.4 Å². The van der Waals surface area contributed by atoms with Crippen LogP contribution >= 0.6 is 0 Å². The van der Waals surface area contributed by atoms with Gasteiger partial charge in [0, 0.05) is 30.3 Å². The molecule has 29 heavy (non-hydrogen) atoms. The van der Waals surface area contributed by atoms with E-state index in [0.717, 1.165) is 43.1 Å². The molecular formula is C24H29N3O2. The lowest BCUT2D eigenvalue weighted by Gasteiger charge is -2.33. The Morgan fingerprint density at radius 1 is 1.07 bits per heavy atom. The standard InChI is InChI=1S/C24H29N3O2/c1-17-9-11-18(12-10-17)20-14-25-26-24(20)19-6-5-13-27(15-19)16-21-22(28-2)7-4-8-23(21)29-3/h4,7-12,14,19H,5-6,13,15-16H2,1-3H3,(H,25,26)/t19-/m0/s1. The van der Waals surface area contributed by atoms with E-state index in [0.29, 0.717) is 5.92 Å². The van der Waals surface area contributed by atoms with E-state index in [9.17, 15) is 0 Å². The van der Waals surface area contributed by atoms with Crippen LogP contribution < -0.4 is 9.47 Å². The van der Waals surface area contributed by atoms with E-state index in [1.54, 1.807) is 14.2 Å². The van der Waals surface area contributed by atoms with Gasteiger partial charge >= 0.3 is 0 Å². The number of H-pyrrole nitrogens is 1. The van der Waals surface area contributed by atoms with Crippen molar-refractivity contribution in [1.82, 2.24) is 15.1 Å². The van der Waals surface area contributed by atoms with Crippen LogP contribution in [0.3, 0.4) is 0 Å². The van der Waals surface area contributed by atoms with Crippen molar-refractivity contribution in [1.29, 1.82) is 0 Å². The molecule has 3 aromatic rings. The van der Waals surface area contributed by atoms with Crippen molar-refractivity contribution in [2.45, 2.75) is 32.2 Å². The van der Waals surface area contributed by atoms with Crippen LogP contribution in [0.15, 0.2) is 48.7 Å². The third-order valence-corrected chi connectivity index (χ3v) is 5.86. The molecule has 1 atom stereocenters. The minimum Gasteiger partial charge on any atom is -0.496 e. The number of aromatic nitrogens is 2. The molecule has 1 saturated heterocycles. The molecule has 2 aromatic carbocycles. The van der Waals surface area contributed by atoms with Crippen molar-refractivity contribution in [3.63, 3.8) is 0 Å². The first-order chi connectivity index (χ1) is 14.2. The van der Waals surface area contributed by atoms with E-state index in [4.69, 9.17) is 9.47 Å². The van der Waals surface area contributed by atoms with Gasteiger partial charge in [0.05, 0.1) is 26.0 Å². The average Bonchev–Trinajstić information content (AvgIpc) is 3.24. The molecule has 2 heterocycles. The molecule has 1 aromatic heterocycles. The van der Waals surface area contributed by atoms with E-state index in [2.05, 4.69) is 46.3 Å². The summed E-state index contributed by atoms with van der Waals surface area (Å²) in [4.78, 5) is 2.49. The van der Waals surface area contributed by atoms with Gasteiger partial charge in [0.15, 0.2) is 0 Å². The molecule has 0 bridgehead atoms. The highest BCUT2D eigenvalue weighted by molar-refractivity contribution is 5.66. The lowest BCUT2D eigenvalue weighted by molar-refractivity contribution is 0.194. The zero-order valence-corrected chi connectivity index (χ0v) is 17.4. The fourth-order valence-corrected chi connectivity index (χ4v) is 4.31. The Morgan fingerprint density at radius 2 is 1.79 bits per heavy atom. The quantitative estimate of drug-likeness (QED) is 0.657. The first-order valence-corrected chi connectivity index (χ1v) is 10.2.